The first-order valence-electron chi connectivity index (χ1n) is 6.22. The third kappa shape index (κ3) is 20.7. The Morgan fingerprint density at radius 3 is 0.714 bits per heavy atom. The van der Waals surface area contributed by atoms with Crippen LogP contribution < -0.4 is 0 Å². The Hall–Kier alpha value is 0.748. The number of hydrogen-bond acceptors (Lipinski definition) is 3. The first-order valence-corrected chi connectivity index (χ1v) is 18.7. The van der Waals surface area contributed by atoms with Crippen molar-refractivity contribution in [1.82, 2.24) is 0 Å². The van der Waals surface area contributed by atoms with Gasteiger partial charge in [-0.3, -0.25) is 0 Å². The molecule has 0 amide bonds. The largest absolute Gasteiger partial charge is 0.437 e. The van der Waals surface area contributed by atoms with Gasteiger partial charge in [-0.2, -0.15) is 0 Å². The van der Waals surface area contributed by atoms with Crippen LogP contribution in [-0.2, 0) is 12.3 Å². The van der Waals surface area contributed by atoms with Crippen molar-refractivity contribution in [2.24, 2.45) is 0 Å². The fourth-order valence-corrected chi connectivity index (χ4v) is 19.7. The van der Waals surface area contributed by atoms with Crippen molar-refractivity contribution < 1.29 is 12.3 Å². The molecule has 0 fully saturated rings. The Balaban J connectivity index is -0.000000213. The smallest absolute Gasteiger partial charge is 0.312 e. The van der Waals surface area contributed by atoms with Crippen LogP contribution in [0.15, 0.2) is 0 Å². The number of rotatable bonds is 6. The van der Waals surface area contributed by atoms with Crippen molar-refractivity contribution in [2.45, 2.75) is 95.2 Å². The maximum atomic E-state index is 6.28. The van der Waals surface area contributed by atoms with Crippen LogP contribution in [0.25, 0.3) is 0 Å². The summed E-state index contributed by atoms with van der Waals surface area (Å²) in [6.45, 7) is 21.8. The lowest BCUT2D eigenvalue weighted by molar-refractivity contribution is 0.331. The number of hydrogen-bond donors (Lipinski definition) is 0. The Kier molecular flexibility index (Phi) is 16.7. The molecule has 0 aromatic heterocycles. The predicted octanol–water partition coefficient (Wildman–Crippen LogP) is 6.65. The second kappa shape index (κ2) is 10.5. The van der Waals surface area contributed by atoms with Gasteiger partial charge in [-0.15, -0.1) is 0 Å². The lowest BCUT2D eigenvalue weighted by Crippen LogP contribution is -2.55. The Labute approximate surface area is 141 Å². The molecule has 0 saturated carbocycles. The van der Waals surface area contributed by atoms with Gasteiger partial charge in [-0.25, -0.2) is 0 Å². The van der Waals surface area contributed by atoms with Crippen molar-refractivity contribution in [2.75, 3.05) is 0 Å². The van der Waals surface area contributed by atoms with E-state index in [1.807, 2.05) is 0 Å². The van der Waals surface area contributed by atoms with E-state index < -0.39 is 33.8 Å². The van der Waals surface area contributed by atoms with Gasteiger partial charge >= 0.3 is 17.1 Å². The van der Waals surface area contributed by atoms with E-state index in [2.05, 4.69) is 65.5 Å². The average Bonchev–Trinajstić information content (AvgIpc) is 1.65. The minimum atomic E-state index is -2.05. The average molecular weight is 375 g/mol. The van der Waals surface area contributed by atoms with E-state index >= 15 is 0 Å². The van der Waals surface area contributed by atoms with Gasteiger partial charge in [-0.1, -0.05) is 29.7 Å². The van der Waals surface area contributed by atoms with Gasteiger partial charge in [-0.05, 0) is 65.5 Å². The summed E-state index contributed by atoms with van der Waals surface area (Å²) in [5, 5.41) is 0. The minimum absolute atomic E-state index is 0. The molecule has 7 heteroatoms. The second-order valence-corrected chi connectivity index (χ2v) is 23.8. The molecular weight excluding hydrogens is 328 g/mol. The summed E-state index contributed by atoms with van der Waals surface area (Å²) in [4.78, 5) is 0. The molecule has 21 heavy (non-hydrogen) atoms. The maximum absolute atomic E-state index is 6.28. The monoisotopic (exact) mass is 374 g/mol. The summed E-state index contributed by atoms with van der Waals surface area (Å²) in [7, 11) is -7.18. The van der Waals surface area contributed by atoms with Crippen LogP contribution in [0.5, 0.6) is 0 Å². The Morgan fingerprint density at radius 1 is 0.381 bits per heavy atom. The second-order valence-electron chi connectivity index (χ2n) is 7.33. The van der Waals surface area contributed by atoms with Gasteiger partial charge in [0.25, 0.3) is 0 Å². The lowest BCUT2D eigenvalue weighted by atomic mass is 11.8. The summed E-state index contributed by atoms with van der Waals surface area (Å²) in [5.41, 5.74) is 0. The summed E-state index contributed by atoms with van der Waals surface area (Å²) in [6, 6.07) is 0. The van der Waals surface area contributed by atoms with E-state index in [-0.39, 0.29) is 29.7 Å². The molecule has 0 N–H and O–H groups in total. The van der Waals surface area contributed by atoms with Crippen LogP contribution in [0, 0.1) is 0 Å². The molecule has 0 radical (unpaired) electrons. The van der Waals surface area contributed by atoms with Gasteiger partial charge in [0.1, 0.15) is 0 Å². The molecule has 0 aliphatic carbocycles. The molecule has 0 aliphatic rings. The standard InChI is InChI=1S/C10H30O3Si4.4CH4/c1-14(2,3)11-16(7,8)13-17(9,10)12-15(4,5)6;;;;/h1-10H3;4*1H4. The molecule has 0 heterocycles. The predicted molar refractivity (Wildman–Crippen MR) is 112 cm³/mol. The summed E-state index contributed by atoms with van der Waals surface area (Å²) >= 11 is 0. The molecule has 0 unspecified atom stereocenters. The molecule has 136 valence electrons. The highest BCUT2D eigenvalue weighted by Crippen LogP contribution is 2.23. The molecule has 0 aromatic carbocycles. The highest BCUT2D eigenvalue weighted by molar-refractivity contribution is 6.89. The SMILES string of the molecule is C.C.C.C.C[Si](C)(C)O[Si](C)(C)O[Si](C)(C)O[Si](C)(C)C. The van der Waals surface area contributed by atoms with E-state index in [9.17, 15) is 0 Å². The first-order chi connectivity index (χ1) is 7.12. The molecule has 0 rings (SSSR count). The van der Waals surface area contributed by atoms with Crippen molar-refractivity contribution >= 4 is 33.8 Å². The lowest BCUT2D eigenvalue weighted by Gasteiger charge is -2.39. The van der Waals surface area contributed by atoms with Gasteiger partial charge in [0, 0.05) is 0 Å². The van der Waals surface area contributed by atoms with Crippen LogP contribution in [0.2, 0.25) is 65.5 Å². The van der Waals surface area contributed by atoms with Crippen LogP contribution in [0.3, 0.4) is 0 Å². The quantitative estimate of drug-likeness (QED) is 0.487. The van der Waals surface area contributed by atoms with E-state index in [1.165, 1.54) is 0 Å². The molecule has 0 atom stereocenters. The fraction of sp³-hybridized carbons (Fsp3) is 1.00. The van der Waals surface area contributed by atoms with Gasteiger partial charge in [0.15, 0.2) is 16.6 Å². The van der Waals surface area contributed by atoms with Crippen LogP contribution in [-0.4, -0.2) is 33.8 Å². The molecule has 0 saturated heterocycles. The molecule has 0 bridgehead atoms. The van der Waals surface area contributed by atoms with Crippen LogP contribution in [0.4, 0.5) is 0 Å². The van der Waals surface area contributed by atoms with Gasteiger partial charge < -0.3 is 12.3 Å². The normalized spacial score (nSPS) is 12.3. The molecule has 0 aromatic rings. The third-order valence-electron chi connectivity index (χ3n) is 1.60. The Morgan fingerprint density at radius 2 is 0.571 bits per heavy atom. The molecule has 3 nitrogen and oxygen atoms in total. The zero-order valence-corrected chi connectivity index (χ0v) is 17.2. The summed E-state index contributed by atoms with van der Waals surface area (Å²) < 4.78 is 18.7. The van der Waals surface area contributed by atoms with E-state index in [0.717, 1.165) is 0 Å². The van der Waals surface area contributed by atoms with Crippen molar-refractivity contribution in [3.05, 3.63) is 0 Å². The summed E-state index contributed by atoms with van der Waals surface area (Å²) in [6.07, 6.45) is 0. The van der Waals surface area contributed by atoms with Crippen molar-refractivity contribution in [1.29, 1.82) is 0 Å². The van der Waals surface area contributed by atoms with E-state index in [0.29, 0.717) is 0 Å². The Bertz CT molecular complexity index is 230. The molecular formula is C14H46O3Si4. The third-order valence-corrected chi connectivity index (χ3v) is 14.4. The minimum Gasteiger partial charge on any atom is -0.437 e. The van der Waals surface area contributed by atoms with Crippen molar-refractivity contribution in [3.63, 3.8) is 0 Å². The van der Waals surface area contributed by atoms with E-state index in [4.69, 9.17) is 12.3 Å². The topological polar surface area (TPSA) is 27.7 Å². The van der Waals surface area contributed by atoms with Gasteiger partial charge in [0.05, 0.1) is 0 Å². The summed E-state index contributed by atoms with van der Waals surface area (Å²) in [5.74, 6) is 0. The van der Waals surface area contributed by atoms with E-state index in [1.54, 1.807) is 0 Å². The maximum Gasteiger partial charge on any atom is 0.312 e. The van der Waals surface area contributed by atoms with Crippen LogP contribution in [0.1, 0.15) is 29.7 Å². The molecule has 0 spiro atoms. The fourth-order valence-electron chi connectivity index (χ4n) is 2.11. The first kappa shape index (κ1) is 33.4. The highest BCUT2D eigenvalue weighted by Gasteiger charge is 2.41. The van der Waals surface area contributed by atoms with Crippen molar-refractivity contribution in [3.8, 4) is 0 Å². The highest BCUT2D eigenvalue weighted by atomic mass is 28.5. The zero-order valence-electron chi connectivity index (χ0n) is 13.2. The zero-order chi connectivity index (χ0) is 14.1. The molecule has 0 aliphatic heterocycles. The van der Waals surface area contributed by atoms with Gasteiger partial charge in [0.2, 0.25) is 0 Å². The van der Waals surface area contributed by atoms with Crippen LogP contribution >= 0.6 is 0 Å².